The molecule has 0 bridgehead atoms. The number of aromatic nitrogens is 6. The van der Waals surface area contributed by atoms with Crippen LogP contribution in [0.1, 0.15) is 60.5 Å². The number of aromatic amines is 2. The average molecular weight is 656 g/mol. The lowest BCUT2D eigenvalue weighted by atomic mass is 9.96. The van der Waals surface area contributed by atoms with Crippen LogP contribution in [-0.2, 0) is 17.8 Å². The summed E-state index contributed by atoms with van der Waals surface area (Å²) in [5, 5.41) is 28.0. The zero-order chi connectivity index (χ0) is 34.0. The van der Waals surface area contributed by atoms with E-state index in [-0.39, 0.29) is 6.04 Å². The molecule has 5 N–H and O–H groups in total. The Balaban J connectivity index is 0.000000171. The molecule has 11 heteroatoms. The minimum Gasteiger partial charge on any atom is -0.358 e. The fourth-order valence-electron chi connectivity index (χ4n) is 6.71. The summed E-state index contributed by atoms with van der Waals surface area (Å²) in [6, 6.07) is 20.8. The van der Waals surface area contributed by atoms with Gasteiger partial charge >= 0.3 is 0 Å². The number of hydrogen-bond donors (Lipinski definition) is 5. The number of aryl methyl sites for hydroxylation is 1. The zero-order valence-electron chi connectivity index (χ0n) is 27.6. The van der Waals surface area contributed by atoms with E-state index in [2.05, 4.69) is 67.6 Å². The highest BCUT2D eigenvalue weighted by Gasteiger charge is 2.27. The molecule has 250 valence electrons. The summed E-state index contributed by atoms with van der Waals surface area (Å²) in [6.45, 7) is 3.82. The molecule has 1 atom stereocenters. The lowest BCUT2D eigenvalue weighted by molar-refractivity contribution is -0.124. The maximum absolute atomic E-state index is 11.0. The Morgan fingerprint density at radius 1 is 1.12 bits per heavy atom. The molecule has 0 spiro atoms. The number of nitrogens with one attached hydrogen (secondary N) is 4. The van der Waals surface area contributed by atoms with E-state index in [4.69, 9.17) is 5.21 Å². The van der Waals surface area contributed by atoms with E-state index < -0.39 is 5.91 Å². The lowest BCUT2D eigenvalue weighted by Gasteiger charge is -2.21. The van der Waals surface area contributed by atoms with Crippen molar-refractivity contribution in [3.63, 3.8) is 0 Å². The Labute approximate surface area is 285 Å². The van der Waals surface area contributed by atoms with Gasteiger partial charge in [-0.2, -0.15) is 10.4 Å². The van der Waals surface area contributed by atoms with Crippen molar-refractivity contribution in [1.82, 2.24) is 40.5 Å². The quantitative estimate of drug-likeness (QED) is 0.0444. The van der Waals surface area contributed by atoms with Gasteiger partial charge in [0.15, 0.2) is 0 Å². The van der Waals surface area contributed by atoms with Crippen molar-refractivity contribution in [1.29, 1.82) is 5.26 Å². The van der Waals surface area contributed by atoms with E-state index >= 15 is 0 Å². The number of carbonyl (C=O) groups is 1. The Bertz CT molecular complexity index is 2060. The van der Waals surface area contributed by atoms with Gasteiger partial charge in [0.2, 0.25) is 0 Å². The number of H-pyrrole nitrogens is 2. The highest BCUT2D eigenvalue weighted by Crippen LogP contribution is 2.36. The third-order valence-electron chi connectivity index (χ3n) is 9.24. The van der Waals surface area contributed by atoms with Crippen LogP contribution in [0.5, 0.6) is 0 Å². The smallest absolute Gasteiger partial charge is 0.267 e. The number of fused-ring (bicyclic) bond motifs is 2. The standard InChI is InChI=1S/C21H23N3O2.C17H18N6/c1-15-18(19-4-2-3-5-20(19)23-15)12-13-22-14-17-8-6-16(7-9-17)10-11-21(25)24-26;18-7-5-15(12-3-1-2-4-12)23-10-13(9-22-23)16-14-6-8-19-17(14)21-11-20-16/h2-11,22-23,26H,12-14H2,1H3,(H,24,25);6,8-12,15H,1-5H2,(H,19,20,21)/b11-10+;/t;15-/m.1/s1. The molecule has 7 rings (SSSR count). The van der Waals surface area contributed by atoms with Crippen LogP contribution in [-0.4, -0.2) is 47.4 Å². The van der Waals surface area contributed by atoms with Crippen molar-refractivity contribution in [3.05, 3.63) is 108 Å². The Hall–Kier alpha value is -5.57. The molecular formula is C38H41N9O2. The number of hydrogen-bond acceptors (Lipinski definition) is 7. The summed E-state index contributed by atoms with van der Waals surface area (Å²) in [6.07, 6.45) is 16.6. The Kier molecular flexibility index (Phi) is 10.9. The van der Waals surface area contributed by atoms with E-state index in [1.54, 1.807) is 17.9 Å². The average Bonchev–Trinajstić information content (AvgIpc) is 3.96. The second-order valence-electron chi connectivity index (χ2n) is 12.4. The first-order chi connectivity index (χ1) is 24.0. The van der Waals surface area contributed by atoms with E-state index in [0.29, 0.717) is 12.3 Å². The molecule has 0 unspecified atom stereocenters. The number of nitrogens with zero attached hydrogens (tertiary/aromatic N) is 5. The van der Waals surface area contributed by atoms with Crippen LogP contribution in [0, 0.1) is 24.2 Å². The van der Waals surface area contributed by atoms with Crippen LogP contribution in [0.3, 0.4) is 0 Å². The van der Waals surface area contributed by atoms with Gasteiger partial charge in [0.1, 0.15) is 12.0 Å². The third kappa shape index (κ3) is 8.12. The molecule has 0 aliphatic heterocycles. The Morgan fingerprint density at radius 3 is 2.73 bits per heavy atom. The van der Waals surface area contributed by atoms with E-state index in [1.165, 1.54) is 59.5 Å². The van der Waals surface area contributed by atoms with E-state index in [1.807, 2.05) is 53.6 Å². The van der Waals surface area contributed by atoms with Crippen molar-refractivity contribution < 1.29 is 10.0 Å². The zero-order valence-corrected chi connectivity index (χ0v) is 27.6. The van der Waals surface area contributed by atoms with Gasteiger partial charge in [0.05, 0.1) is 30.4 Å². The van der Waals surface area contributed by atoms with Crippen molar-refractivity contribution >= 4 is 33.9 Å². The molecule has 1 fully saturated rings. The molecule has 4 heterocycles. The molecule has 2 aromatic carbocycles. The van der Waals surface area contributed by atoms with E-state index in [9.17, 15) is 10.1 Å². The van der Waals surface area contributed by atoms with Crippen molar-refractivity contribution in [2.24, 2.45) is 5.92 Å². The fraction of sp³-hybridized carbons (Fsp3) is 0.289. The summed E-state index contributed by atoms with van der Waals surface area (Å²) < 4.78 is 1.97. The molecule has 4 aromatic heterocycles. The number of hydroxylamine groups is 1. The molecular weight excluding hydrogens is 614 g/mol. The number of benzene rings is 2. The largest absolute Gasteiger partial charge is 0.358 e. The predicted molar refractivity (Wildman–Crippen MR) is 190 cm³/mol. The maximum Gasteiger partial charge on any atom is 0.267 e. The summed E-state index contributed by atoms with van der Waals surface area (Å²) in [5.41, 5.74) is 10.1. The highest BCUT2D eigenvalue weighted by atomic mass is 16.5. The number of carbonyl (C=O) groups excluding carboxylic acids is 1. The van der Waals surface area contributed by atoms with Crippen LogP contribution in [0.25, 0.3) is 39.3 Å². The number of para-hydroxylation sites is 1. The molecule has 1 aliphatic carbocycles. The third-order valence-corrected chi connectivity index (χ3v) is 9.24. The van der Waals surface area contributed by atoms with Gasteiger partial charge in [0.25, 0.3) is 5.91 Å². The van der Waals surface area contributed by atoms with Gasteiger partial charge in [-0.1, -0.05) is 55.3 Å². The summed E-state index contributed by atoms with van der Waals surface area (Å²) in [4.78, 5) is 26.2. The summed E-state index contributed by atoms with van der Waals surface area (Å²) >= 11 is 0. The van der Waals surface area contributed by atoms with Gasteiger partial charge in [-0.15, -0.1) is 0 Å². The molecule has 0 radical (unpaired) electrons. The fourth-order valence-corrected chi connectivity index (χ4v) is 6.71. The molecule has 0 saturated heterocycles. The van der Waals surface area contributed by atoms with Crippen LogP contribution in [0.4, 0.5) is 0 Å². The van der Waals surface area contributed by atoms with Crippen LogP contribution in [0.2, 0.25) is 0 Å². The Morgan fingerprint density at radius 2 is 1.94 bits per heavy atom. The number of rotatable bonds is 11. The van der Waals surface area contributed by atoms with Gasteiger partial charge in [-0.25, -0.2) is 15.4 Å². The number of amides is 1. The normalized spacial score (nSPS) is 13.8. The molecule has 49 heavy (non-hydrogen) atoms. The number of nitriles is 1. The second-order valence-corrected chi connectivity index (χ2v) is 12.4. The van der Waals surface area contributed by atoms with Crippen LogP contribution in [0.15, 0.2) is 85.6 Å². The minimum atomic E-state index is -0.539. The van der Waals surface area contributed by atoms with Crippen LogP contribution < -0.4 is 10.8 Å². The van der Waals surface area contributed by atoms with Gasteiger partial charge in [-0.05, 0) is 73.5 Å². The topological polar surface area (TPSA) is 160 Å². The SMILES string of the molecule is Cc1[nH]c2ccccc2c1CCNCc1ccc(/C=C/C(=O)NO)cc1.N#CC[C@H](C1CCCC1)n1cc(-c2ncnc3[nH]ccc23)cn1. The molecule has 1 amide bonds. The second kappa shape index (κ2) is 16.0. The summed E-state index contributed by atoms with van der Waals surface area (Å²) in [7, 11) is 0. The maximum atomic E-state index is 11.0. The molecule has 11 nitrogen and oxygen atoms in total. The molecule has 1 aliphatic rings. The van der Waals surface area contributed by atoms with Gasteiger partial charge < -0.3 is 15.3 Å². The van der Waals surface area contributed by atoms with Crippen molar-refractivity contribution in [2.75, 3.05) is 6.54 Å². The summed E-state index contributed by atoms with van der Waals surface area (Å²) in [5.74, 6) is 0.0170. The minimum absolute atomic E-state index is 0.166. The first kappa shape index (κ1) is 33.3. The molecule has 6 aromatic rings. The van der Waals surface area contributed by atoms with Crippen LogP contribution >= 0.6 is 0 Å². The van der Waals surface area contributed by atoms with Crippen molar-refractivity contribution in [2.45, 2.75) is 58.0 Å². The predicted octanol–water partition coefficient (Wildman–Crippen LogP) is 6.79. The monoisotopic (exact) mass is 655 g/mol. The lowest BCUT2D eigenvalue weighted by Crippen LogP contribution is -2.17. The first-order valence-electron chi connectivity index (χ1n) is 16.7. The van der Waals surface area contributed by atoms with Gasteiger partial charge in [-0.3, -0.25) is 14.7 Å². The van der Waals surface area contributed by atoms with E-state index in [0.717, 1.165) is 47.4 Å². The molecule has 1 saturated carbocycles. The highest BCUT2D eigenvalue weighted by molar-refractivity contribution is 5.91. The first-order valence-corrected chi connectivity index (χ1v) is 16.7. The van der Waals surface area contributed by atoms with Crippen molar-refractivity contribution in [3.8, 4) is 17.3 Å². The van der Waals surface area contributed by atoms with Gasteiger partial charge in [0, 0.05) is 52.6 Å².